The SMILES string of the molecule is CCOC(=O)Cn1c(=NC(=O)c2ccccc2SCC)sc2cc(OC)c(OC)cc21. The van der Waals surface area contributed by atoms with Gasteiger partial charge < -0.3 is 18.8 Å². The van der Waals surface area contributed by atoms with Gasteiger partial charge in [-0.1, -0.05) is 30.4 Å². The van der Waals surface area contributed by atoms with E-state index in [2.05, 4.69) is 4.99 Å². The molecule has 0 atom stereocenters. The van der Waals surface area contributed by atoms with Gasteiger partial charge in [0.1, 0.15) is 6.54 Å². The maximum Gasteiger partial charge on any atom is 0.326 e. The minimum Gasteiger partial charge on any atom is -0.493 e. The Labute approximate surface area is 188 Å². The third-order valence-corrected chi connectivity index (χ3v) is 6.39. The van der Waals surface area contributed by atoms with Gasteiger partial charge in [-0.25, -0.2) is 0 Å². The maximum atomic E-state index is 13.0. The number of thiazole rings is 1. The van der Waals surface area contributed by atoms with Crippen LogP contribution >= 0.6 is 23.1 Å². The number of methoxy groups -OCH3 is 2. The lowest BCUT2D eigenvalue weighted by Crippen LogP contribution is -2.23. The average molecular weight is 461 g/mol. The number of nitrogens with zero attached hydrogens (tertiary/aromatic N) is 2. The molecule has 164 valence electrons. The number of hydrogen-bond acceptors (Lipinski definition) is 7. The zero-order valence-corrected chi connectivity index (χ0v) is 19.5. The van der Waals surface area contributed by atoms with Crippen LogP contribution in [0, 0.1) is 0 Å². The Bertz CT molecular complexity index is 1170. The molecule has 0 aliphatic heterocycles. The zero-order chi connectivity index (χ0) is 22.4. The summed E-state index contributed by atoms with van der Waals surface area (Å²) in [6.07, 6.45) is 0. The molecule has 0 unspecified atom stereocenters. The first-order valence-electron chi connectivity index (χ1n) is 9.74. The Morgan fingerprint density at radius 3 is 2.48 bits per heavy atom. The molecule has 2 aromatic carbocycles. The second-order valence-electron chi connectivity index (χ2n) is 6.30. The summed E-state index contributed by atoms with van der Waals surface area (Å²) < 4.78 is 18.4. The Kier molecular flexibility index (Phi) is 7.75. The fourth-order valence-electron chi connectivity index (χ4n) is 3.04. The minimum absolute atomic E-state index is 0.0687. The number of ether oxygens (including phenoxy) is 3. The van der Waals surface area contributed by atoms with Crippen LogP contribution in [-0.2, 0) is 16.1 Å². The van der Waals surface area contributed by atoms with E-state index in [9.17, 15) is 9.59 Å². The second-order valence-corrected chi connectivity index (χ2v) is 8.61. The first-order valence-corrected chi connectivity index (χ1v) is 11.5. The highest BCUT2D eigenvalue weighted by Gasteiger charge is 2.17. The van der Waals surface area contributed by atoms with Crippen LogP contribution in [0.5, 0.6) is 11.5 Å². The van der Waals surface area contributed by atoms with Gasteiger partial charge >= 0.3 is 5.97 Å². The fraction of sp³-hybridized carbons (Fsp3) is 0.318. The molecule has 3 aromatic rings. The lowest BCUT2D eigenvalue weighted by Gasteiger charge is -2.09. The summed E-state index contributed by atoms with van der Waals surface area (Å²) in [6, 6.07) is 11.0. The number of benzene rings is 2. The Balaban J connectivity index is 2.18. The van der Waals surface area contributed by atoms with Crippen LogP contribution < -0.4 is 14.3 Å². The molecule has 1 heterocycles. The average Bonchev–Trinajstić information content (AvgIpc) is 3.09. The van der Waals surface area contributed by atoms with Crippen molar-refractivity contribution in [2.75, 3.05) is 26.6 Å². The number of carbonyl (C=O) groups excluding carboxylic acids is 2. The molecule has 0 N–H and O–H groups in total. The lowest BCUT2D eigenvalue weighted by atomic mass is 10.2. The van der Waals surface area contributed by atoms with Gasteiger partial charge in [0.15, 0.2) is 16.3 Å². The molecule has 0 saturated carbocycles. The summed E-state index contributed by atoms with van der Waals surface area (Å²) in [7, 11) is 3.10. The highest BCUT2D eigenvalue weighted by atomic mass is 32.2. The van der Waals surface area contributed by atoms with Gasteiger partial charge in [0.25, 0.3) is 5.91 Å². The van der Waals surface area contributed by atoms with Crippen molar-refractivity contribution in [3.63, 3.8) is 0 Å². The third kappa shape index (κ3) is 5.11. The minimum atomic E-state index is -0.409. The number of thioether (sulfide) groups is 1. The summed E-state index contributed by atoms with van der Waals surface area (Å²) in [5, 5.41) is 0. The van der Waals surface area contributed by atoms with Crippen LogP contribution in [0.1, 0.15) is 24.2 Å². The van der Waals surface area contributed by atoms with Crippen molar-refractivity contribution in [1.82, 2.24) is 4.57 Å². The van der Waals surface area contributed by atoms with E-state index in [4.69, 9.17) is 14.2 Å². The van der Waals surface area contributed by atoms with Crippen LogP contribution in [0.4, 0.5) is 0 Å². The van der Waals surface area contributed by atoms with Gasteiger partial charge in [-0.15, -0.1) is 11.8 Å². The van der Waals surface area contributed by atoms with Crippen LogP contribution in [0.2, 0.25) is 0 Å². The van der Waals surface area contributed by atoms with Crippen LogP contribution in [0.25, 0.3) is 10.2 Å². The summed E-state index contributed by atoms with van der Waals surface area (Å²) in [4.78, 5) is 30.9. The van der Waals surface area contributed by atoms with Crippen LogP contribution in [0.3, 0.4) is 0 Å². The van der Waals surface area contributed by atoms with E-state index >= 15 is 0 Å². The van der Waals surface area contributed by atoms with E-state index in [1.807, 2.05) is 31.2 Å². The van der Waals surface area contributed by atoms with Gasteiger partial charge in [0.05, 0.1) is 36.6 Å². The summed E-state index contributed by atoms with van der Waals surface area (Å²) >= 11 is 2.89. The largest absolute Gasteiger partial charge is 0.493 e. The fourth-order valence-corrected chi connectivity index (χ4v) is 4.88. The smallest absolute Gasteiger partial charge is 0.326 e. The molecule has 0 spiro atoms. The maximum absolute atomic E-state index is 13.0. The lowest BCUT2D eigenvalue weighted by molar-refractivity contribution is -0.143. The van der Waals surface area contributed by atoms with Gasteiger partial charge in [-0.2, -0.15) is 4.99 Å². The molecular weight excluding hydrogens is 436 g/mol. The number of hydrogen-bond donors (Lipinski definition) is 0. The topological polar surface area (TPSA) is 79.1 Å². The molecule has 3 rings (SSSR count). The van der Waals surface area contributed by atoms with Crippen molar-refractivity contribution in [3.05, 3.63) is 46.8 Å². The number of rotatable bonds is 8. The molecule has 0 bridgehead atoms. The van der Waals surface area contributed by atoms with Gasteiger partial charge in [0, 0.05) is 17.0 Å². The van der Waals surface area contributed by atoms with E-state index in [1.54, 1.807) is 49.6 Å². The molecule has 0 saturated heterocycles. The predicted molar refractivity (Wildman–Crippen MR) is 122 cm³/mol. The highest BCUT2D eigenvalue weighted by Crippen LogP contribution is 2.33. The summed E-state index contributed by atoms with van der Waals surface area (Å²) in [5.74, 6) is 1.15. The number of amides is 1. The second kappa shape index (κ2) is 10.5. The standard InChI is InChI=1S/C22H24N2O5S2/c1-5-29-20(25)13-24-15-11-16(27-3)17(28-4)12-19(15)31-22(24)23-21(26)14-9-7-8-10-18(14)30-6-2/h7-12H,5-6,13H2,1-4H3. The first-order chi connectivity index (χ1) is 15.0. The first kappa shape index (κ1) is 22.9. The van der Waals surface area contributed by atoms with E-state index in [-0.39, 0.29) is 19.1 Å². The van der Waals surface area contributed by atoms with E-state index in [0.717, 1.165) is 15.3 Å². The molecule has 1 aromatic heterocycles. The highest BCUT2D eigenvalue weighted by molar-refractivity contribution is 7.99. The van der Waals surface area contributed by atoms with Crippen molar-refractivity contribution in [2.45, 2.75) is 25.3 Å². The van der Waals surface area contributed by atoms with Crippen molar-refractivity contribution >= 4 is 45.2 Å². The molecule has 0 aliphatic rings. The zero-order valence-electron chi connectivity index (χ0n) is 17.8. The van der Waals surface area contributed by atoms with Crippen molar-refractivity contribution in [1.29, 1.82) is 0 Å². The van der Waals surface area contributed by atoms with Crippen LogP contribution in [0.15, 0.2) is 46.3 Å². The molecule has 9 heteroatoms. The molecule has 0 radical (unpaired) electrons. The quantitative estimate of drug-likeness (QED) is 0.371. The molecule has 0 aliphatic carbocycles. The van der Waals surface area contributed by atoms with E-state index < -0.39 is 5.97 Å². The molecule has 1 amide bonds. The van der Waals surface area contributed by atoms with E-state index in [1.165, 1.54) is 11.3 Å². The monoisotopic (exact) mass is 460 g/mol. The molecule has 7 nitrogen and oxygen atoms in total. The van der Waals surface area contributed by atoms with E-state index in [0.29, 0.717) is 27.4 Å². The Hall–Kier alpha value is -2.78. The normalized spacial score (nSPS) is 11.5. The van der Waals surface area contributed by atoms with Crippen molar-refractivity contribution in [2.24, 2.45) is 4.99 Å². The number of aromatic nitrogens is 1. The van der Waals surface area contributed by atoms with Gasteiger partial charge in [-0.05, 0) is 24.8 Å². The van der Waals surface area contributed by atoms with Crippen molar-refractivity contribution in [3.8, 4) is 11.5 Å². The summed E-state index contributed by atoms with van der Waals surface area (Å²) in [5.41, 5.74) is 1.24. The number of esters is 1. The summed E-state index contributed by atoms with van der Waals surface area (Å²) in [6.45, 7) is 3.98. The number of fused-ring (bicyclic) bond motifs is 1. The molecular formula is C22H24N2O5S2. The number of carbonyl (C=O) groups is 2. The molecule has 0 fully saturated rings. The van der Waals surface area contributed by atoms with Gasteiger partial charge in [0.2, 0.25) is 0 Å². The Morgan fingerprint density at radius 1 is 1.10 bits per heavy atom. The van der Waals surface area contributed by atoms with Crippen LogP contribution in [-0.4, -0.2) is 43.0 Å². The molecule has 31 heavy (non-hydrogen) atoms. The van der Waals surface area contributed by atoms with Gasteiger partial charge in [-0.3, -0.25) is 9.59 Å². The third-order valence-electron chi connectivity index (χ3n) is 4.40. The Morgan fingerprint density at radius 2 is 1.81 bits per heavy atom. The predicted octanol–water partition coefficient (Wildman–Crippen LogP) is 4.14. The van der Waals surface area contributed by atoms with Crippen molar-refractivity contribution < 1.29 is 23.8 Å².